The number of halogens is 2. The molecule has 0 amide bonds. The molecule has 0 aliphatic rings. The molecule has 0 saturated carbocycles. The van der Waals surface area contributed by atoms with Crippen molar-refractivity contribution in [2.45, 2.75) is 25.6 Å². The topological polar surface area (TPSA) is 83.5 Å². The van der Waals surface area contributed by atoms with Gasteiger partial charge in [-0.15, -0.1) is 0 Å². The average Bonchev–Trinajstić information content (AvgIpc) is 2.32. The number of benzene rings is 1. The highest BCUT2D eigenvalue weighted by atomic mass is 35.5. The highest BCUT2D eigenvalue weighted by molar-refractivity contribution is 8.13. The maximum absolute atomic E-state index is 13.3. The quantitative estimate of drug-likeness (QED) is 0.726. The zero-order valence-corrected chi connectivity index (χ0v) is 11.8. The summed E-state index contributed by atoms with van der Waals surface area (Å²) >= 11 is 6.89. The van der Waals surface area contributed by atoms with Crippen LogP contribution in [0.3, 0.4) is 0 Å². The molecule has 0 saturated heterocycles. The first-order valence-corrected chi connectivity index (χ1v) is 6.93. The number of thioether (sulfide) groups is 1. The predicted molar refractivity (Wildman–Crippen MR) is 74.5 cm³/mol. The number of nitrogen functional groups attached to an aromatic ring is 1. The molecule has 1 aromatic rings. The highest BCUT2D eigenvalue weighted by Gasteiger charge is 2.22. The van der Waals surface area contributed by atoms with Gasteiger partial charge < -0.3 is 15.9 Å². The number of carbonyl (C=O) groups is 1. The molecule has 0 aliphatic carbocycles. The smallest absolute Gasteiger partial charge is 0.185 e. The summed E-state index contributed by atoms with van der Waals surface area (Å²) in [5, 5.41) is 19.7. The minimum Gasteiger partial charge on any atom is -0.396 e. The third-order valence-corrected chi connectivity index (χ3v) is 3.69. The van der Waals surface area contributed by atoms with Gasteiger partial charge in [0.2, 0.25) is 0 Å². The molecule has 106 valence electrons. The van der Waals surface area contributed by atoms with Crippen molar-refractivity contribution >= 4 is 34.2 Å². The molecular formula is C12H15ClFNO3S. The maximum atomic E-state index is 13.3. The largest absolute Gasteiger partial charge is 0.396 e. The maximum Gasteiger partial charge on any atom is 0.185 e. The van der Waals surface area contributed by atoms with Crippen molar-refractivity contribution < 1.29 is 19.4 Å². The van der Waals surface area contributed by atoms with Crippen LogP contribution >= 0.6 is 23.4 Å². The van der Waals surface area contributed by atoms with E-state index in [0.29, 0.717) is 5.75 Å². The molecular weight excluding hydrogens is 293 g/mol. The molecule has 0 bridgehead atoms. The van der Waals surface area contributed by atoms with Gasteiger partial charge in [0, 0.05) is 23.3 Å². The van der Waals surface area contributed by atoms with Gasteiger partial charge in [-0.2, -0.15) is 0 Å². The molecule has 4 N–H and O–H groups in total. The van der Waals surface area contributed by atoms with Crippen LogP contribution in [0.5, 0.6) is 0 Å². The summed E-state index contributed by atoms with van der Waals surface area (Å²) in [6.45, 7) is 1.42. The van der Waals surface area contributed by atoms with Crippen LogP contribution in [0.1, 0.15) is 25.0 Å². The first-order chi connectivity index (χ1) is 8.82. The zero-order valence-electron chi connectivity index (χ0n) is 10.3. The number of aliphatic hydroxyl groups is 2. The van der Waals surface area contributed by atoms with Crippen LogP contribution in [-0.4, -0.2) is 27.2 Å². The SMILES string of the molecule is CC(=O)SCCC(O)C(O)c1cc(F)c(N)cc1Cl. The molecule has 2 unspecified atom stereocenters. The fourth-order valence-electron chi connectivity index (χ4n) is 1.49. The molecule has 2 atom stereocenters. The van der Waals surface area contributed by atoms with E-state index in [9.17, 15) is 19.4 Å². The Hall–Kier alpha value is -0.820. The number of carbonyl (C=O) groups excluding carboxylic acids is 1. The average molecular weight is 308 g/mol. The Morgan fingerprint density at radius 1 is 1.53 bits per heavy atom. The lowest BCUT2D eigenvalue weighted by atomic mass is 10.0. The van der Waals surface area contributed by atoms with Crippen molar-refractivity contribution in [1.82, 2.24) is 0 Å². The fourth-order valence-corrected chi connectivity index (χ4v) is 2.42. The number of hydrogen-bond donors (Lipinski definition) is 3. The van der Waals surface area contributed by atoms with Crippen LogP contribution in [0.25, 0.3) is 0 Å². The summed E-state index contributed by atoms with van der Waals surface area (Å²) in [6, 6.07) is 2.19. The van der Waals surface area contributed by atoms with Crippen molar-refractivity contribution in [2.24, 2.45) is 0 Å². The lowest BCUT2D eigenvalue weighted by Crippen LogP contribution is -2.20. The van der Waals surface area contributed by atoms with Crippen LogP contribution in [0.4, 0.5) is 10.1 Å². The number of anilines is 1. The molecule has 0 aromatic heterocycles. The highest BCUT2D eigenvalue weighted by Crippen LogP contribution is 2.30. The molecule has 4 nitrogen and oxygen atoms in total. The molecule has 19 heavy (non-hydrogen) atoms. The Morgan fingerprint density at radius 2 is 2.16 bits per heavy atom. The summed E-state index contributed by atoms with van der Waals surface area (Å²) in [5.41, 5.74) is 5.29. The second kappa shape index (κ2) is 7.09. The Labute approximate surface area is 119 Å². The predicted octanol–water partition coefficient (Wildman–Crippen LogP) is 2.13. The van der Waals surface area contributed by atoms with E-state index in [-0.39, 0.29) is 27.8 Å². The summed E-state index contributed by atoms with van der Waals surface area (Å²) in [5.74, 6) is -0.341. The van der Waals surface area contributed by atoms with Crippen LogP contribution in [0.15, 0.2) is 12.1 Å². The second-order valence-corrected chi connectivity index (χ2v) is 5.72. The molecule has 0 aliphatic heterocycles. The van der Waals surface area contributed by atoms with Gasteiger partial charge in [0.05, 0.1) is 11.8 Å². The van der Waals surface area contributed by atoms with Crippen molar-refractivity contribution in [3.63, 3.8) is 0 Å². The van der Waals surface area contributed by atoms with Crippen LogP contribution in [0.2, 0.25) is 5.02 Å². The van der Waals surface area contributed by atoms with E-state index >= 15 is 0 Å². The van der Waals surface area contributed by atoms with E-state index in [1.807, 2.05) is 0 Å². The summed E-state index contributed by atoms with van der Waals surface area (Å²) in [4.78, 5) is 10.7. The number of rotatable bonds is 5. The summed E-state index contributed by atoms with van der Waals surface area (Å²) in [6.07, 6.45) is -2.27. The van der Waals surface area contributed by atoms with Crippen molar-refractivity contribution in [3.8, 4) is 0 Å². The third kappa shape index (κ3) is 4.65. The third-order valence-electron chi connectivity index (χ3n) is 2.52. The monoisotopic (exact) mass is 307 g/mol. The molecule has 0 radical (unpaired) electrons. The van der Waals surface area contributed by atoms with Gasteiger partial charge >= 0.3 is 0 Å². The summed E-state index contributed by atoms with van der Waals surface area (Å²) in [7, 11) is 0. The Bertz CT molecular complexity index is 473. The van der Waals surface area contributed by atoms with Gasteiger partial charge in [0.25, 0.3) is 0 Å². The zero-order chi connectivity index (χ0) is 14.6. The van der Waals surface area contributed by atoms with E-state index < -0.39 is 18.0 Å². The normalized spacial score (nSPS) is 14.2. The van der Waals surface area contributed by atoms with Crippen LogP contribution < -0.4 is 5.73 Å². The minimum absolute atomic E-state index is 0.0711. The minimum atomic E-state index is -1.32. The Kier molecular flexibility index (Phi) is 6.06. The van der Waals surface area contributed by atoms with Gasteiger partial charge in [0.15, 0.2) is 5.12 Å². The van der Waals surface area contributed by atoms with E-state index in [0.717, 1.165) is 17.8 Å². The first kappa shape index (κ1) is 16.2. The number of nitrogens with two attached hydrogens (primary N) is 1. The van der Waals surface area contributed by atoms with Crippen molar-refractivity contribution in [2.75, 3.05) is 11.5 Å². The molecule has 7 heteroatoms. The van der Waals surface area contributed by atoms with Gasteiger partial charge in [-0.1, -0.05) is 23.4 Å². The van der Waals surface area contributed by atoms with Gasteiger partial charge in [-0.05, 0) is 18.6 Å². The Balaban J connectivity index is 2.73. The summed E-state index contributed by atoms with van der Waals surface area (Å²) < 4.78 is 13.3. The van der Waals surface area contributed by atoms with Crippen LogP contribution in [-0.2, 0) is 4.79 Å². The van der Waals surface area contributed by atoms with E-state index in [1.165, 1.54) is 13.0 Å². The first-order valence-electron chi connectivity index (χ1n) is 5.56. The molecule has 0 fully saturated rings. The molecule has 1 rings (SSSR count). The second-order valence-electron chi connectivity index (χ2n) is 4.04. The van der Waals surface area contributed by atoms with E-state index in [4.69, 9.17) is 17.3 Å². The molecule has 0 spiro atoms. The number of aliphatic hydroxyl groups excluding tert-OH is 2. The fraction of sp³-hybridized carbons (Fsp3) is 0.417. The lowest BCUT2D eigenvalue weighted by Gasteiger charge is -2.19. The number of hydrogen-bond acceptors (Lipinski definition) is 5. The van der Waals surface area contributed by atoms with Gasteiger partial charge in [-0.25, -0.2) is 4.39 Å². The standard InChI is InChI=1S/C12H15ClFNO3S/c1-6(16)19-3-2-11(17)12(18)7-4-9(14)10(15)5-8(7)13/h4-5,11-12,17-18H,2-3,15H2,1H3. The van der Waals surface area contributed by atoms with Crippen molar-refractivity contribution in [1.29, 1.82) is 0 Å². The van der Waals surface area contributed by atoms with Crippen LogP contribution in [0, 0.1) is 5.82 Å². The van der Waals surface area contributed by atoms with E-state index in [1.54, 1.807) is 0 Å². The van der Waals surface area contributed by atoms with Gasteiger partial charge in [-0.3, -0.25) is 4.79 Å². The molecule has 1 aromatic carbocycles. The van der Waals surface area contributed by atoms with Gasteiger partial charge in [0.1, 0.15) is 11.9 Å². The van der Waals surface area contributed by atoms with Crippen molar-refractivity contribution in [3.05, 3.63) is 28.5 Å². The molecule has 0 heterocycles. The van der Waals surface area contributed by atoms with E-state index in [2.05, 4.69) is 0 Å². The lowest BCUT2D eigenvalue weighted by molar-refractivity contribution is -0.109. The Morgan fingerprint density at radius 3 is 2.74 bits per heavy atom.